The Morgan fingerprint density at radius 3 is 1.76 bits per heavy atom. The number of hydrogen-bond donors (Lipinski definition) is 1. The molecule has 4 aromatic rings. The van der Waals surface area contributed by atoms with Gasteiger partial charge in [0, 0.05) is 0 Å². The second kappa shape index (κ2) is 13.0. The Bertz CT molecular complexity index is 1820. The quantitative estimate of drug-likeness (QED) is 0.115. The summed E-state index contributed by atoms with van der Waals surface area (Å²) in [6.45, 7) is -0.572. The van der Waals surface area contributed by atoms with Gasteiger partial charge in [-0.3, -0.25) is 4.57 Å². The molecule has 0 aliphatic carbocycles. The Balaban J connectivity index is 1.57. The van der Waals surface area contributed by atoms with Crippen LogP contribution in [0.3, 0.4) is 0 Å². The van der Waals surface area contributed by atoms with Crippen LogP contribution in [-0.2, 0) is 29.0 Å². The number of carbonyl (C=O) groups excluding carboxylic acids is 3. The summed E-state index contributed by atoms with van der Waals surface area (Å²) in [5.74, 6) is -3.69. The van der Waals surface area contributed by atoms with E-state index in [9.17, 15) is 32.9 Å². The number of primary sulfonamides is 1. The summed E-state index contributed by atoms with van der Waals surface area (Å²) < 4.78 is 48.7. The van der Waals surface area contributed by atoms with E-state index in [0.717, 1.165) is 6.33 Å². The van der Waals surface area contributed by atoms with E-state index in [0.29, 0.717) is 4.57 Å². The number of hydrogen-bond acceptors (Lipinski definition) is 12. The third-order valence-electron chi connectivity index (χ3n) is 6.63. The Labute approximate surface area is 255 Å². The summed E-state index contributed by atoms with van der Waals surface area (Å²) in [7, 11) is -4.82. The first-order valence-corrected chi connectivity index (χ1v) is 14.7. The average molecular weight is 637 g/mol. The second-order valence-corrected chi connectivity index (χ2v) is 11.1. The first-order chi connectivity index (χ1) is 21.5. The fourth-order valence-corrected chi connectivity index (χ4v) is 5.43. The predicted molar refractivity (Wildman–Crippen MR) is 152 cm³/mol. The number of nitrogens with two attached hydrogens (primary N) is 1. The molecule has 1 saturated heterocycles. The molecule has 3 aromatic carbocycles. The monoisotopic (exact) mass is 636 g/mol. The van der Waals surface area contributed by atoms with Gasteiger partial charge < -0.3 is 29.1 Å². The van der Waals surface area contributed by atoms with Crippen molar-refractivity contribution < 1.29 is 46.7 Å². The number of esters is 3. The van der Waals surface area contributed by atoms with E-state index in [1.807, 2.05) is 0 Å². The SMILES string of the molecule is NS(=O)(=O)c1c([N+](=O)[O-])ncn1C1OC(COC(=O)c2ccccc2)C(OC(=O)c2ccccc2)C1OC(=O)c1ccccc1. The van der Waals surface area contributed by atoms with Crippen molar-refractivity contribution in [1.82, 2.24) is 9.55 Å². The van der Waals surface area contributed by atoms with Crippen LogP contribution < -0.4 is 5.14 Å². The molecule has 2 heterocycles. The molecule has 45 heavy (non-hydrogen) atoms. The van der Waals surface area contributed by atoms with Crippen LogP contribution in [0.15, 0.2) is 102 Å². The Morgan fingerprint density at radius 2 is 1.29 bits per heavy atom. The number of nitro groups is 1. The molecule has 0 bridgehead atoms. The number of aromatic nitrogens is 2. The van der Waals surface area contributed by atoms with Gasteiger partial charge in [-0.2, -0.15) is 0 Å². The first kappa shape index (κ1) is 31.0. The number of ether oxygens (including phenoxy) is 4. The van der Waals surface area contributed by atoms with Gasteiger partial charge in [-0.05, 0) is 46.3 Å². The zero-order valence-corrected chi connectivity index (χ0v) is 23.9. The number of nitrogens with zero attached hydrogens (tertiary/aromatic N) is 3. The lowest BCUT2D eigenvalue weighted by Crippen LogP contribution is -2.41. The summed E-state index contributed by atoms with van der Waals surface area (Å²) >= 11 is 0. The largest absolute Gasteiger partial charge is 0.459 e. The van der Waals surface area contributed by atoms with Crippen molar-refractivity contribution in [2.45, 2.75) is 29.6 Å². The van der Waals surface area contributed by atoms with Gasteiger partial charge in [-0.25, -0.2) is 27.9 Å². The van der Waals surface area contributed by atoms with Crippen LogP contribution in [0.25, 0.3) is 0 Å². The molecule has 1 aliphatic heterocycles. The van der Waals surface area contributed by atoms with Crippen molar-refractivity contribution in [3.63, 3.8) is 0 Å². The maximum Gasteiger partial charge on any atom is 0.402 e. The summed E-state index contributed by atoms with van der Waals surface area (Å²) in [5, 5.41) is 15.9. The smallest absolute Gasteiger partial charge is 0.402 e. The van der Waals surface area contributed by atoms with E-state index < -0.39 is 74.8 Å². The number of sulfonamides is 1. The lowest BCUT2D eigenvalue weighted by molar-refractivity contribution is -0.392. The molecule has 5 rings (SSSR count). The van der Waals surface area contributed by atoms with Crippen LogP contribution in [0.5, 0.6) is 0 Å². The minimum atomic E-state index is -4.82. The van der Waals surface area contributed by atoms with E-state index >= 15 is 0 Å². The Kier molecular flexibility index (Phi) is 8.98. The molecule has 4 unspecified atom stereocenters. The van der Waals surface area contributed by atoms with Crippen molar-refractivity contribution in [3.05, 3.63) is 124 Å². The van der Waals surface area contributed by atoms with E-state index in [-0.39, 0.29) is 16.7 Å². The molecule has 1 aliphatic rings. The minimum Gasteiger partial charge on any atom is -0.459 e. The van der Waals surface area contributed by atoms with E-state index in [1.165, 1.54) is 36.4 Å². The highest BCUT2D eigenvalue weighted by Crippen LogP contribution is 2.38. The highest BCUT2D eigenvalue weighted by atomic mass is 32.2. The molecule has 0 amide bonds. The lowest BCUT2D eigenvalue weighted by atomic mass is 10.1. The highest BCUT2D eigenvalue weighted by molar-refractivity contribution is 7.89. The first-order valence-electron chi connectivity index (χ1n) is 13.2. The van der Waals surface area contributed by atoms with Gasteiger partial charge in [-0.1, -0.05) is 54.6 Å². The average Bonchev–Trinajstić information content (AvgIpc) is 3.63. The van der Waals surface area contributed by atoms with Crippen molar-refractivity contribution in [2.24, 2.45) is 5.14 Å². The topological polar surface area (TPSA) is 209 Å². The molecule has 16 heteroatoms. The van der Waals surface area contributed by atoms with E-state index in [2.05, 4.69) is 4.98 Å². The molecule has 232 valence electrons. The van der Waals surface area contributed by atoms with Gasteiger partial charge >= 0.3 is 23.7 Å². The van der Waals surface area contributed by atoms with Crippen molar-refractivity contribution in [2.75, 3.05) is 6.61 Å². The van der Waals surface area contributed by atoms with Gasteiger partial charge in [-0.15, -0.1) is 0 Å². The standard InChI is InChI=1S/C29H24N4O11S/c30-45(39,40)26-24(33(37)38)31-17-32(26)25-23(44-29(36)20-14-8-3-9-15-20)22(43-28(35)19-12-6-2-7-13-19)21(42-25)16-41-27(34)18-10-4-1-5-11-18/h1-15,17,21-23,25H,16H2,(H2,30,39,40). The number of carbonyl (C=O) groups is 3. The summed E-state index contributed by atoms with van der Waals surface area (Å²) in [5.41, 5.74) is 0.378. The van der Waals surface area contributed by atoms with Crippen molar-refractivity contribution >= 4 is 33.7 Å². The molecule has 1 aromatic heterocycles. The Hall–Kier alpha value is -5.45. The molecule has 15 nitrogen and oxygen atoms in total. The summed E-state index contributed by atoms with van der Waals surface area (Å²) in [6, 6.07) is 23.3. The molecule has 2 N–H and O–H groups in total. The minimum absolute atomic E-state index is 0.0756. The fraction of sp³-hybridized carbons (Fsp3) is 0.172. The van der Waals surface area contributed by atoms with E-state index in [1.54, 1.807) is 54.6 Å². The molecule has 4 atom stereocenters. The highest BCUT2D eigenvalue weighted by Gasteiger charge is 2.53. The predicted octanol–water partition coefficient (Wildman–Crippen LogP) is 2.64. The second-order valence-electron chi connectivity index (χ2n) is 9.58. The van der Waals surface area contributed by atoms with Crippen LogP contribution in [0.4, 0.5) is 5.82 Å². The summed E-state index contributed by atoms with van der Waals surface area (Å²) in [4.78, 5) is 53.4. The third kappa shape index (κ3) is 6.87. The molecular weight excluding hydrogens is 612 g/mol. The number of benzene rings is 3. The van der Waals surface area contributed by atoms with Gasteiger partial charge in [0.2, 0.25) is 6.33 Å². The van der Waals surface area contributed by atoms with Crippen molar-refractivity contribution in [1.29, 1.82) is 0 Å². The van der Waals surface area contributed by atoms with Crippen molar-refractivity contribution in [3.8, 4) is 0 Å². The zero-order valence-electron chi connectivity index (χ0n) is 23.1. The maximum atomic E-state index is 13.3. The fourth-order valence-electron chi connectivity index (χ4n) is 4.60. The number of imidazole rings is 1. The van der Waals surface area contributed by atoms with Crippen LogP contribution in [0.2, 0.25) is 0 Å². The van der Waals surface area contributed by atoms with E-state index in [4.69, 9.17) is 24.1 Å². The molecule has 0 spiro atoms. The normalized spacial score (nSPS) is 19.4. The number of rotatable bonds is 10. The van der Waals surface area contributed by atoms with Crippen LogP contribution in [0, 0.1) is 10.1 Å². The third-order valence-corrected chi connectivity index (χ3v) is 7.56. The van der Waals surface area contributed by atoms with Gasteiger partial charge in [0.1, 0.15) is 12.7 Å². The maximum absolute atomic E-state index is 13.3. The summed E-state index contributed by atoms with van der Waals surface area (Å²) in [6.07, 6.45) is -5.51. The van der Waals surface area contributed by atoms with Gasteiger partial charge in [0.05, 0.1) is 16.7 Å². The van der Waals surface area contributed by atoms with Gasteiger partial charge in [0.15, 0.2) is 18.4 Å². The molecular formula is C29H24N4O11S. The lowest BCUT2D eigenvalue weighted by Gasteiger charge is -2.25. The van der Waals surface area contributed by atoms with Crippen LogP contribution in [0.1, 0.15) is 37.3 Å². The Morgan fingerprint density at radius 1 is 0.822 bits per heavy atom. The molecule has 0 radical (unpaired) electrons. The van der Waals surface area contributed by atoms with Crippen LogP contribution >= 0.6 is 0 Å². The zero-order chi connectivity index (χ0) is 32.1. The molecule has 1 fully saturated rings. The molecule has 0 saturated carbocycles. The van der Waals surface area contributed by atoms with Crippen LogP contribution in [-0.4, -0.2) is 65.7 Å². The van der Waals surface area contributed by atoms with Gasteiger partial charge in [0.25, 0.3) is 15.0 Å².